The first-order chi connectivity index (χ1) is 10.0. The summed E-state index contributed by atoms with van der Waals surface area (Å²) in [6.07, 6.45) is 3.30. The van der Waals surface area contributed by atoms with Crippen LogP contribution in [0.2, 0.25) is 0 Å². The van der Waals surface area contributed by atoms with Gasteiger partial charge in [-0.1, -0.05) is 29.8 Å². The van der Waals surface area contributed by atoms with Crippen LogP contribution in [0.4, 0.5) is 0 Å². The molecule has 5 nitrogen and oxygen atoms in total. The summed E-state index contributed by atoms with van der Waals surface area (Å²) in [4.78, 5) is 29.7. The summed E-state index contributed by atoms with van der Waals surface area (Å²) in [5, 5.41) is 3.26. The highest BCUT2D eigenvalue weighted by Gasteiger charge is 2.35. The van der Waals surface area contributed by atoms with Gasteiger partial charge in [-0.25, -0.2) is 0 Å². The van der Waals surface area contributed by atoms with Gasteiger partial charge in [0.1, 0.15) is 5.57 Å². The summed E-state index contributed by atoms with van der Waals surface area (Å²) in [5.41, 5.74) is 0.774. The molecule has 0 bridgehead atoms. The van der Waals surface area contributed by atoms with Crippen molar-refractivity contribution in [1.82, 2.24) is 10.4 Å². The van der Waals surface area contributed by atoms with Crippen molar-refractivity contribution in [2.45, 2.75) is 13.8 Å². The van der Waals surface area contributed by atoms with Gasteiger partial charge >= 0.3 is 0 Å². The molecule has 1 saturated heterocycles. The maximum Gasteiger partial charge on any atom is 0.299 e. The summed E-state index contributed by atoms with van der Waals surface area (Å²) in [6, 6.07) is 8.74. The van der Waals surface area contributed by atoms with Gasteiger partial charge in [0.15, 0.2) is 5.75 Å². The molecule has 0 spiro atoms. The number of hydrogen-bond donors (Lipinski definition) is 1. The van der Waals surface area contributed by atoms with Crippen molar-refractivity contribution < 1.29 is 14.4 Å². The summed E-state index contributed by atoms with van der Waals surface area (Å²) < 4.78 is 0. The molecule has 0 unspecified atom stereocenters. The third kappa shape index (κ3) is 3.35. The van der Waals surface area contributed by atoms with Gasteiger partial charge in [0.25, 0.3) is 11.8 Å². The second kappa shape index (κ2) is 6.32. The third-order valence-electron chi connectivity index (χ3n) is 2.83. The molecular formula is C15H14N2O3S. The summed E-state index contributed by atoms with van der Waals surface area (Å²) in [5.74, 6) is -0.667. The minimum Gasteiger partial charge on any atom is -0.369 e. The van der Waals surface area contributed by atoms with E-state index < -0.39 is 11.8 Å². The molecule has 1 fully saturated rings. The molecule has 1 aromatic rings. The fraction of sp³-hybridized carbons (Fsp3) is 0.133. The van der Waals surface area contributed by atoms with Crippen molar-refractivity contribution >= 4 is 29.1 Å². The SMILES string of the molecule is C/C=C(C)/C=C1\C(=O)NC(=S)N(Oc2ccccc2)C1=O. The Kier molecular flexibility index (Phi) is 4.49. The lowest BCUT2D eigenvalue weighted by molar-refractivity contribution is -0.144. The largest absolute Gasteiger partial charge is 0.369 e. The number of carbonyl (C=O) groups excluding carboxylic acids is 2. The average molecular weight is 302 g/mol. The second-order valence-electron chi connectivity index (χ2n) is 4.35. The number of carbonyl (C=O) groups is 2. The smallest absolute Gasteiger partial charge is 0.299 e. The predicted octanol–water partition coefficient (Wildman–Crippen LogP) is 2.12. The molecule has 0 radical (unpaired) electrons. The Morgan fingerprint density at radius 3 is 2.57 bits per heavy atom. The van der Waals surface area contributed by atoms with E-state index >= 15 is 0 Å². The Hall–Kier alpha value is -2.47. The van der Waals surface area contributed by atoms with Gasteiger partial charge < -0.3 is 4.84 Å². The summed E-state index contributed by atoms with van der Waals surface area (Å²) >= 11 is 4.98. The minimum absolute atomic E-state index is 0.0184. The van der Waals surface area contributed by atoms with E-state index in [1.807, 2.05) is 13.0 Å². The number of para-hydroxylation sites is 1. The molecule has 0 saturated carbocycles. The summed E-state index contributed by atoms with van der Waals surface area (Å²) in [6.45, 7) is 3.61. The van der Waals surface area contributed by atoms with E-state index in [0.717, 1.165) is 10.6 Å². The molecule has 1 aliphatic heterocycles. The quantitative estimate of drug-likeness (QED) is 0.528. The van der Waals surface area contributed by atoms with Crippen LogP contribution in [0.3, 0.4) is 0 Å². The first-order valence-corrected chi connectivity index (χ1v) is 6.71. The van der Waals surface area contributed by atoms with E-state index in [0.29, 0.717) is 5.75 Å². The summed E-state index contributed by atoms with van der Waals surface area (Å²) in [7, 11) is 0. The number of rotatable bonds is 3. The van der Waals surface area contributed by atoms with Crippen LogP contribution in [-0.2, 0) is 9.59 Å². The Balaban J connectivity index is 2.29. The topological polar surface area (TPSA) is 58.6 Å². The molecule has 1 heterocycles. The second-order valence-corrected chi connectivity index (χ2v) is 4.74. The number of allylic oxidation sites excluding steroid dienone is 3. The zero-order valence-corrected chi connectivity index (χ0v) is 12.4. The number of nitrogens with zero attached hydrogens (tertiary/aromatic N) is 1. The fourth-order valence-corrected chi connectivity index (χ4v) is 1.83. The molecule has 1 aliphatic rings. The monoisotopic (exact) mass is 302 g/mol. The van der Waals surface area contributed by atoms with Gasteiger partial charge in [-0.15, -0.1) is 5.06 Å². The molecule has 0 aromatic heterocycles. The van der Waals surface area contributed by atoms with Crippen molar-refractivity contribution in [2.75, 3.05) is 0 Å². The normalized spacial score (nSPS) is 18.0. The van der Waals surface area contributed by atoms with E-state index in [9.17, 15) is 9.59 Å². The molecule has 2 rings (SSSR count). The van der Waals surface area contributed by atoms with Crippen molar-refractivity contribution in [2.24, 2.45) is 0 Å². The molecule has 0 atom stereocenters. The maximum absolute atomic E-state index is 12.4. The fourth-order valence-electron chi connectivity index (χ4n) is 1.62. The van der Waals surface area contributed by atoms with Crippen LogP contribution < -0.4 is 10.2 Å². The van der Waals surface area contributed by atoms with Gasteiger partial charge in [-0.2, -0.15) is 0 Å². The Morgan fingerprint density at radius 1 is 1.29 bits per heavy atom. The first kappa shape index (κ1) is 14.9. The van der Waals surface area contributed by atoms with E-state index in [-0.39, 0.29) is 10.7 Å². The predicted molar refractivity (Wildman–Crippen MR) is 82.2 cm³/mol. The van der Waals surface area contributed by atoms with Crippen LogP contribution in [-0.4, -0.2) is 22.0 Å². The highest BCUT2D eigenvalue weighted by atomic mass is 32.1. The van der Waals surface area contributed by atoms with Gasteiger partial charge in [0.05, 0.1) is 0 Å². The highest BCUT2D eigenvalue weighted by Crippen LogP contribution is 2.17. The van der Waals surface area contributed by atoms with Crippen molar-refractivity contribution in [1.29, 1.82) is 0 Å². The van der Waals surface area contributed by atoms with Crippen molar-refractivity contribution in [3.05, 3.63) is 53.6 Å². The lowest BCUT2D eigenvalue weighted by Gasteiger charge is -2.27. The number of hydroxylamine groups is 2. The van der Waals surface area contributed by atoms with Gasteiger partial charge in [0, 0.05) is 0 Å². The molecule has 21 heavy (non-hydrogen) atoms. The number of amides is 2. The van der Waals surface area contributed by atoms with E-state index in [1.54, 1.807) is 37.3 Å². The number of thiocarbonyl (C=S) groups is 1. The molecular weight excluding hydrogens is 288 g/mol. The van der Waals surface area contributed by atoms with Crippen LogP contribution in [0, 0.1) is 0 Å². The Bertz CT molecular complexity index is 650. The molecule has 0 aliphatic carbocycles. The van der Waals surface area contributed by atoms with Crippen LogP contribution in [0.25, 0.3) is 0 Å². The van der Waals surface area contributed by atoms with E-state index in [2.05, 4.69) is 5.32 Å². The first-order valence-electron chi connectivity index (χ1n) is 6.30. The molecule has 1 aromatic carbocycles. The minimum atomic E-state index is -0.589. The van der Waals surface area contributed by atoms with Crippen LogP contribution in [0.5, 0.6) is 5.75 Å². The van der Waals surface area contributed by atoms with Crippen molar-refractivity contribution in [3.63, 3.8) is 0 Å². The Labute approximate surface area is 127 Å². The lowest BCUT2D eigenvalue weighted by atomic mass is 10.1. The van der Waals surface area contributed by atoms with E-state index in [4.69, 9.17) is 17.1 Å². The number of benzene rings is 1. The molecule has 6 heteroatoms. The van der Waals surface area contributed by atoms with Gasteiger partial charge in [-0.05, 0) is 44.3 Å². The molecule has 2 amide bonds. The van der Waals surface area contributed by atoms with Crippen LogP contribution in [0.15, 0.2) is 53.6 Å². The molecule has 108 valence electrons. The Morgan fingerprint density at radius 2 is 1.95 bits per heavy atom. The van der Waals surface area contributed by atoms with Crippen LogP contribution >= 0.6 is 12.2 Å². The average Bonchev–Trinajstić information content (AvgIpc) is 2.48. The van der Waals surface area contributed by atoms with Gasteiger partial charge in [-0.3, -0.25) is 14.9 Å². The zero-order chi connectivity index (χ0) is 15.4. The number of hydrogen-bond acceptors (Lipinski definition) is 4. The maximum atomic E-state index is 12.4. The highest BCUT2D eigenvalue weighted by molar-refractivity contribution is 7.80. The zero-order valence-electron chi connectivity index (χ0n) is 11.6. The van der Waals surface area contributed by atoms with E-state index in [1.165, 1.54) is 6.08 Å². The number of nitrogens with one attached hydrogen (secondary N) is 1. The van der Waals surface area contributed by atoms with Gasteiger partial charge in [0.2, 0.25) is 5.11 Å². The molecule has 1 N–H and O–H groups in total. The van der Waals surface area contributed by atoms with Crippen LogP contribution in [0.1, 0.15) is 13.8 Å². The van der Waals surface area contributed by atoms with Crippen molar-refractivity contribution in [3.8, 4) is 5.75 Å². The third-order valence-corrected chi connectivity index (χ3v) is 3.10. The standard InChI is InChI=1S/C15H14N2O3S/c1-3-10(2)9-12-13(18)16-15(21)17(14(12)19)20-11-7-5-4-6-8-11/h3-9H,1-2H3,(H,16,18,21)/b10-3+,12-9+. The lowest BCUT2D eigenvalue weighted by Crippen LogP contribution is -2.55.